The van der Waals surface area contributed by atoms with Crippen LogP contribution in [0.4, 0.5) is 33.6 Å². The lowest BCUT2D eigenvalue weighted by Crippen LogP contribution is -2.58. The molecule has 8 nitrogen and oxygen atoms in total. The van der Waals surface area contributed by atoms with Gasteiger partial charge in [-0.2, -0.15) is 23.1 Å². The summed E-state index contributed by atoms with van der Waals surface area (Å²) in [6, 6.07) is 1.13. The van der Waals surface area contributed by atoms with Crippen LogP contribution in [-0.2, 0) is 6.18 Å². The zero-order valence-electron chi connectivity index (χ0n) is 25.2. The molecule has 8 rings (SSSR count). The number of piperazine rings is 1. The number of nitrogens with two attached hydrogens (primary N) is 1. The lowest BCUT2D eigenvalue weighted by Gasteiger charge is -2.41. The Morgan fingerprint density at radius 1 is 1.20 bits per heavy atom. The quantitative estimate of drug-likeness (QED) is 0.326. The number of nitrogen functional groups attached to an aromatic ring is 1. The minimum Gasteiger partial charge on any atom is -0.461 e. The molecule has 5 atom stereocenters. The van der Waals surface area contributed by atoms with E-state index in [1.807, 2.05) is 0 Å². The minimum atomic E-state index is -4.88. The van der Waals surface area contributed by atoms with Crippen molar-refractivity contribution in [2.24, 2.45) is 0 Å². The van der Waals surface area contributed by atoms with Crippen molar-refractivity contribution in [1.82, 2.24) is 25.2 Å². The van der Waals surface area contributed by atoms with Crippen molar-refractivity contribution in [2.45, 2.75) is 81.5 Å². The SMILES string of the molecule is C=C1C[C@@H]2[C@@H]3CC[C@H](CN2c2nc(OCC45CCCN4C[C@H](F)C5)nc4c(F)c(-c5nc(N)cc(C)c5C(F)(F)F)c(Cl)c1c24)N3. The van der Waals surface area contributed by atoms with Gasteiger partial charge in [-0.1, -0.05) is 18.2 Å². The van der Waals surface area contributed by atoms with Crippen LogP contribution in [0.15, 0.2) is 12.6 Å². The lowest BCUT2D eigenvalue weighted by molar-refractivity contribution is -0.137. The van der Waals surface area contributed by atoms with Crippen molar-refractivity contribution in [1.29, 1.82) is 0 Å². The molecule has 0 radical (unpaired) electrons. The third kappa shape index (κ3) is 4.48. The van der Waals surface area contributed by atoms with Gasteiger partial charge in [-0.25, -0.2) is 13.8 Å². The van der Waals surface area contributed by atoms with Crippen LogP contribution in [0.5, 0.6) is 6.01 Å². The Bertz CT molecular complexity index is 1800. The molecule has 0 saturated carbocycles. The number of aryl methyl sites for hydroxylation is 1. The number of nitrogens with zero attached hydrogens (tertiary/aromatic N) is 5. The van der Waals surface area contributed by atoms with Gasteiger partial charge < -0.3 is 20.7 Å². The summed E-state index contributed by atoms with van der Waals surface area (Å²) in [7, 11) is 0. The maximum absolute atomic E-state index is 17.0. The molecule has 46 heavy (non-hydrogen) atoms. The molecule has 0 aliphatic carbocycles. The Balaban J connectivity index is 1.36. The summed E-state index contributed by atoms with van der Waals surface area (Å²) in [6.45, 7) is 7.31. The predicted octanol–water partition coefficient (Wildman–Crippen LogP) is 6.08. The fourth-order valence-electron chi connectivity index (χ4n) is 8.70. The molecule has 2 aromatic heterocycles. The van der Waals surface area contributed by atoms with E-state index in [1.165, 1.54) is 6.92 Å². The molecule has 5 aliphatic heterocycles. The molecule has 5 aliphatic rings. The standard InChI is InChI=1S/C32H33ClF5N7O/c1-14-8-19-18-5-4-17(40-18)12-45(19)29-22-21(14)25(33)23(27-24(32(36,37)38)15(2)9-20(39)41-27)26(35)28(22)42-30(43-29)46-13-31-6-3-7-44(31)11-16(34)10-31/h9,16-19,40H,1,3-8,10-13H2,2H3,(H2,39,41)/t16-,17-,18+,19-,31?/m1/s1. The molecule has 0 amide bonds. The van der Waals surface area contributed by atoms with Crippen LogP contribution >= 0.6 is 11.6 Å². The van der Waals surface area contributed by atoms with Gasteiger partial charge in [0, 0.05) is 43.2 Å². The smallest absolute Gasteiger partial charge is 0.418 e. The zero-order valence-corrected chi connectivity index (χ0v) is 25.9. The van der Waals surface area contributed by atoms with E-state index in [-0.39, 0.29) is 63.6 Å². The summed E-state index contributed by atoms with van der Waals surface area (Å²) in [4.78, 5) is 17.5. The number of benzene rings is 1. The number of ether oxygens (including phenoxy) is 1. The first-order chi connectivity index (χ1) is 21.8. The van der Waals surface area contributed by atoms with Crippen molar-refractivity contribution in [3.05, 3.63) is 40.2 Å². The first-order valence-electron chi connectivity index (χ1n) is 15.6. The van der Waals surface area contributed by atoms with E-state index < -0.39 is 40.5 Å². The van der Waals surface area contributed by atoms with Crippen LogP contribution in [0, 0.1) is 12.7 Å². The van der Waals surface area contributed by atoms with Crippen molar-refractivity contribution in [2.75, 3.05) is 36.9 Å². The number of nitrogens with one attached hydrogen (secondary N) is 1. The van der Waals surface area contributed by atoms with Crippen LogP contribution in [-0.4, -0.2) is 75.9 Å². The number of hydrogen-bond donors (Lipinski definition) is 2. The molecule has 14 heteroatoms. The van der Waals surface area contributed by atoms with Crippen LogP contribution < -0.4 is 20.7 Å². The van der Waals surface area contributed by atoms with Gasteiger partial charge >= 0.3 is 12.2 Å². The monoisotopic (exact) mass is 661 g/mol. The number of halogens is 6. The summed E-state index contributed by atoms with van der Waals surface area (Å²) in [6.07, 6.45) is -1.59. The fraction of sp³-hybridized carbons (Fsp3) is 0.531. The van der Waals surface area contributed by atoms with Gasteiger partial charge in [0.1, 0.15) is 29.9 Å². The van der Waals surface area contributed by atoms with Crippen molar-refractivity contribution in [3.8, 4) is 17.3 Å². The van der Waals surface area contributed by atoms with E-state index in [2.05, 4.69) is 31.7 Å². The molecule has 3 aromatic rings. The minimum absolute atomic E-state index is 0.100. The summed E-state index contributed by atoms with van der Waals surface area (Å²) in [5, 5.41) is 3.66. The number of hydrogen-bond acceptors (Lipinski definition) is 8. The lowest BCUT2D eigenvalue weighted by atomic mass is 9.91. The highest BCUT2D eigenvalue weighted by Crippen LogP contribution is 2.51. The largest absolute Gasteiger partial charge is 0.461 e. The highest BCUT2D eigenvalue weighted by atomic mass is 35.5. The second-order valence-corrected chi connectivity index (χ2v) is 13.8. The van der Waals surface area contributed by atoms with Gasteiger partial charge in [-0.05, 0) is 62.8 Å². The van der Waals surface area contributed by atoms with Crippen LogP contribution in [0.25, 0.3) is 27.7 Å². The summed E-state index contributed by atoms with van der Waals surface area (Å²) in [5.41, 5.74) is 3.34. The Morgan fingerprint density at radius 3 is 2.78 bits per heavy atom. The van der Waals surface area contributed by atoms with Crippen molar-refractivity contribution in [3.63, 3.8) is 0 Å². The summed E-state index contributed by atoms with van der Waals surface area (Å²) in [5.74, 6) is -0.904. The van der Waals surface area contributed by atoms with E-state index in [0.29, 0.717) is 37.3 Å². The molecule has 1 aromatic carbocycles. The first-order valence-corrected chi connectivity index (χ1v) is 16.0. The molecule has 0 spiro atoms. The van der Waals surface area contributed by atoms with Crippen LogP contribution in [0.1, 0.15) is 55.2 Å². The number of anilines is 2. The van der Waals surface area contributed by atoms with Gasteiger partial charge in [-0.3, -0.25) is 4.90 Å². The molecule has 7 heterocycles. The van der Waals surface area contributed by atoms with Gasteiger partial charge in [-0.15, -0.1) is 0 Å². The molecule has 2 bridgehead atoms. The van der Waals surface area contributed by atoms with Gasteiger partial charge in [0.05, 0.1) is 32.8 Å². The molecular formula is C32H33ClF5N7O. The Morgan fingerprint density at radius 2 is 2.00 bits per heavy atom. The molecule has 3 N–H and O–H groups in total. The average Bonchev–Trinajstić information content (AvgIpc) is 3.61. The second kappa shape index (κ2) is 10.4. The average molecular weight is 662 g/mol. The van der Waals surface area contributed by atoms with Crippen molar-refractivity contribution >= 4 is 39.7 Å². The second-order valence-electron chi connectivity index (χ2n) is 13.5. The molecular weight excluding hydrogens is 629 g/mol. The topological polar surface area (TPSA) is 92.4 Å². The van der Waals surface area contributed by atoms with E-state index in [1.54, 1.807) is 0 Å². The summed E-state index contributed by atoms with van der Waals surface area (Å²) < 4.78 is 81.2. The highest BCUT2D eigenvalue weighted by Gasteiger charge is 2.50. The Kier molecular flexibility index (Phi) is 6.77. The van der Waals surface area contributed by atoms with Crippen LogP contribution in [0.3, 0.4) is 0 Å². The number of rotatable bonds is 4. The molecule has 4 saturated heterocycles. The van der Waals surface area contributed by atoms with E-state index in [4.69, 9.17) is 27.1 Å². The van der Waals surface area contributed by atoms with Gasteiger partial charge in [0.25, 0.3) is 0 Å². The van der Waals surface area contributed by atoms with E-state index >= 15 is 4.39 Å². The fourth-order valence-corrected chi connectivity index (χ4v) is 9.10. The predicted molar refractivity (Wildman–Crippen MR) is 165 cm³/mol. The molecule has 244 valence electrons. The van der Waals surface area contributed by atoms with E-state index in [9.17, 15) is 17.6 Å². The Hall–Kier alpha value is -3.29. The number of alkyl halides is 4. The third-order valence-electron chi connectivity index (χ3n) is 10.6. The number of fused-ring (bicyclic) bond motifs is 6. The highest BCUT2D eigenvalue weighted by molar-refractivity contribution is 6.37. The van der Waals surface area contributed by atoms with E-state index in [0.717, 1.165) is 38.3 Å². The summed E-state index contributed by atoms with van der Waals surface area (Å²) >= 11 is 6.95. The number of pyridine rings is 1. The molecule has 1 unspecified atom stereocenters. The first kappa shape index (κ1) is 30.1. The zero-order chi connectivity index (χ0) is 32.3. The maximum Gasteiger partial charge on any atom is 0.418 e. The maximum atomic E-state index is 17.0. The van der Waals surface area contributed by atoms with Gasteiger partial charge in [0.15, 0.2) is 5.82 Å². The third-order valence-corrected chi connectivity index (χ3v) is 11.0. The molecule has 4 fully saturated rings. The normalized spacial score (nSPS) is 28.9. The Labute approximate surface area is 267 Å². The van der Waals surface area contributed by atoms with Crippen molar-refractivity contribution < 1.29 is 26.7 Å². The van der Waals surface area contributed by atoms with Crippen LogP contribution in [0.2, 0.25) is 5.02 Å². The number of aromatic nitrogens is 3. The van der Waals surface area contributed by atoms with Gasteiger partial charge in [0.2, 0.25) is 0 Å².